The summed E-state index contributed by atoms with van der Waals surface area (Å²) in [7, 11) is 3.94. The van der Waals surface area contributed by atoms with Crippen LogP contribution in [0.25, 0.3) is 0 Å². The van der Waals surface area contributed by atoms with Crippen LogP contribution in [0.1, 0.15) is 16.8 Å². The molecule has 1 aromatic carbocycles. The van der Waals surface area contributed by atoms with Crippen LogP contribution in [0.5, 0.6) is 11.5 Å². The topological polar surface area (TPSA) is 78.9 Å². The first-order chi connectivity index (χ1) is 9.03. The van der Waals surface area contributed by atoms with E-state index in [1.165, 1.54) is 20.3 Å². The van der Waals surface area contributed by atoms with Crippen LogP contribution >= 0.6 is 0 Å². The summed E-state index contributed by atoms with van der Waals surface area (Å²) >= 11 is 0. The standard InChI is InChI=1S/C13H14O6.Na/c1-17-8-4-5-12(18-2)9(6-8)10(14)7-11(15)13(16)19-3;/h4-6H,7H2,1-3H3;. The van der Waals surface area contributed by atoms with Gasteiger partial charge in [-0.15, -0.1) is 0 Å². The van der Waals surface area contributed by atoms with Crippen molar-refractivity contribution in [2.75, 3.05) is 21.3 Å². The first kappa shape index (κ1) is 18.6. The van der Waals surface area contributed by atoms with E-state index in [1.54, 1.807) is 12.1 Å². The molecule has 0 spiro atoms. The fourth-order valence-electron chi connectivity index (χ4n) is 1.46. The number of hydrogen-bond acceptors (Lipinski definition) is 6. The van der Waals surface area contributed by atoms with Crippen LogP contribution in [0.15, 0.2) is 18.2 Å². The van der Waals surface area contributed by atoms with Gasteiger partial charge in [0.05, 0.1) is 33.3 Å². The maximum atomic E-state index is 12.0. The van der Waals surface area contributed by atoms with E-state index in [0.717, 1.165) is 7.11 Å². The Hall–Kier alpha value is -1.37. The van der Waals surface area contributed by atoms with Gasteiger partial charge in [0.1, 0.15) is 11.5 Å². The van der Waals surface area contributed by atoms with Gasteiger partial charge < -0.3 is 14.2 Å². The number of carbonyl (C=O) groups is 3. The Morgan fingerprint density at radius 2 is 1.70 bits per heavy atom. The summed E-state index contributed by atoms with van der Waals surface area (Å²) in [6.45, 7) is 0. The summed E-state index contributed by atoms with van der Waals surface area (Å²) < 4.78 is 14.3. The molecule has 0 heterocycles. The monoisotopic (exact) mass is 289 g/mol. The number of methoxy groups -OCH3 is 3. The maximum absolute atomic E-state index is 12.0. The van der Waals surface area contributed by atoms with Crippen molar-refractivity contribution in [1.82, 2.24) is 0 Å². The molecule has 7 heteroatoms. The molecule has 1 radical (unpaired) electrons. The van der Waals surface area contributed by atoms with E-state index in [4.69, 9.17) is 9.47 Å². The van der Waals surface area contributed by atoms with Crippen molar-refractivity contribution < 1.29 is 28.6 Å². The van der Waals surface area contributed by atoms with E-state index in [9.17, 15) is 14.4 Å². The van der Waals surface area contributed by atoms with Gasteiger partial charge in [-0.25, -0.2) is 4.79 Å². The van der Waals surface area contributed by atoms with Crippen LogP contribution in [0.2, 0.25) is 0 Å². The molecule has 0 aliphatic heterocycles. The molecule has 0 fully saturated rings. The van der Waals surface area contributed by atoms with Gasteiger partial charge in [0, 0.05) is 29.6 Å². The van der Waals surface area contributed by atoms with Crippen molar-refractivity contribution in [2.45, 2.75) is 6.42 Å². The zero-order valence-corrected chi connectivity index (χ0v) is 13.9. The normalized spacial score (nSPS) is 9.15. The molecule has 0 aromatic heterocycles. The molecule has 0 aliphatic carbocycles. The third-order valence-corrected chi connectivity index (χ3v) is 2.44. The van der Waals surface area contributed by atoms with Crippen LogP contribution in [0, 0.1) is 0 Å². The minimum absolute atomic E-state index is 0. The van der Waals surface area contributed by atoms with Gasteiger partial charge in [-0.1, -0.05) is 0 Å². The van der Waals surface area contributed by atoms with Crippen molar-refractivity contribution in [3.8, 4) is 11.5 Å². The number of rotatable bonds is 6. The fourth-order valence-corrected chi connectivity index (χ4v) is 1.46. The Kier molecular flexibility index (Phi) is 8.13. The second-order valence-electron chi connectivity index (χ2n) is 3.58. The Bertz CT molecular complexity index is 512. The zero-order chi connectivity index (χ0) is 14.4. The number of ether oxygens (including phenoxy) is 3. The van der Waals surface area contributed by atoms with Gasteiger partial charge in [-0.05, 0) is 18.2 Å². The van der Waals surface area contributed by atoms with E-state index in [1.807, 2.05) is 0 Å². The van der Waals surface area contributed by atoms with Gasteiger partial charge in [-0.3, -0.25) is 9.59 Å². The summed E-state index contributed by atoms with van der Waals surface area (Å²) in [5, 5.41) is 0. The van der Waals surface area contributed by atoms with E-state index < -0.39 is 24.0 Å². The second kappa shape index (κ2) is 8.73. The van der Waals surface area contributed by atoms with Crippen LogP contribution in [-0.4, -0.2) is 68.4 Å². The van der Waals surface area contributed by atoms with Gasteiger partial charge in [-0.2, -0.15) is 0 Å². The number of Topliss-reactive ketones (excluding diaryl/α,β-unsaturated/α-hetero) is 2. The summed E-state index contributed by atoms with van der Waals surface area (Å²) in [6.07, 6.45) is -0.573. The summed E-state index contributed by atoms with van der Waals surface area (Å²) in [6, 6.07) is 4.62. The van der Waals surface area contributed by atoms with E-state index in [0.29, 0.717) is 11.5 Å². The van der Waals surface area contributed by atoms with E-state index in [2.05, 4.69) is 4.74 Å². The molecule has 20 heavy (non-hydrogen) atoms. The predicted octanol–water partition coefficient (Wildman–Crippen LogP) is 0.638. The largest absolute Gasteiger partial charge is 0.497 e. The van der Waals surface area contributed by atoms with Gasteiger partial charge >= 0.3 is 5.97 Å². The molecule has 0 N–H and O–H groups in total. The third-order valence-electron chi connectivity index (χ3n) is 2.44. The second-order valence-corrected chi connectivity index (χ2v) is 3.58. The van der Waals surface area contributed by atoms with Gasteiger partial charge in [0.25, 0.3) is 0 Å². The van der Waals surface area contributed by atoms with Crippen molar-refractivity contribution in [3.05, 3.63) is 23.8 Å². The molecule has 0 atom stereocenters. The number of esters is 1. The van der Waals surface area contributed by atoms with Crippen LogP contribution in [0.4, 0.5) is 0 Å². The zero-order valence-electron chi connectivity index (χ0n) is 11.9. The molecule has 0 unspecified atom stereocenters. The molecular formula is C13H14NaO6. The first-order valence-corrected chi connectivity index (χ1v) is 5.39. The molecule has 0 saturated carbocycles. The van der Waals surface area contributed by atoms with Crippen molar-refractivity contribution in [3.63, 3.8) is 0 Å². The molecule has 1 rings (SSSR count). The Morgan fingerprint density at radius 3 is 2.20 bits per heavy atom. The minimum atomic E-state index is -1.05. The molecule has 0 amide bonds. The van der Waals surface area contributed by atoms with Gasteiger partial charge in [0.15, 0.2) is 5.78 Å². The quantitative estimate of drug-likeness (QED) is 0.251. The Labute approximate surface area is 138 Å². The minimum Gasteiger partial charge on any atom is -0.497 e. The SMILES string of the molecule is COC(=O)C(=O)CC(=O)c1cc(OC)ccc1OC.[Na]. The number of benzene rings is 1. The molecule has 6 nitrogen and oxygen atoms in total. The Morgan fingerprint density at radius 1 is 1.05 bits per heavy atom. The molecule has 0 bridgehead atoms. The third kappa shape index (κ3) is 4.63. The van der Waals surface area contributed by atoms with Crippen LogP contribution in [-0.2, 0) is 14.3 Å². The fraction of sp³-hybridized carbons (Fsp3) is 0.308. The Balaban J connectivity index is 0.00000361. The maximum Gasteiger partial charge on any atom is 0.374 e. The average molecular weight is 289 g/mol. The molecule has 0 aliphatic rings. The van der Waals surface area contributed by atoms with Gasteiger partial charge in [0.2, 0.25) is 5.78 Å². The van der Waals surface area contributed by atoms with Crippen LogP contribution < -0.4 is 9.47 Å². The summed E-state index contributed by atoms with van der Waals surface area (Å²) in [4.78, 5) is 34.3. The number of carbonyl (C=O) groups excluding carboxylic acids is 3. The molecule has 1 aromatic rings. The van der Waals surface area contributed by atoms with Crippen molar-refractivity contribution >= 4 is 47.1 Å². The number of hydrogen-bond donors (Lipinski definition) is 0. The smallest absolute Gasteiger partial charge is 0.374 e. The van der Waals surface area contributed by atoms with Crippen molar-refractivity contribution in [2.24, 2.45) is 0 Å². The molecular weight excluding hydrogens is 275 g/mol. The summed E-state index contributed by atoms with van der Waals surface area (Å²) in [5.74, 6) is -1.73. The van der Waals surface area contributed by atoms with Crippen molar-refractivity contribution in [1.29, 1.82) is 0 Å². The molecule has 0 saturated heterocycles. The number of ketones is 2. The predicted molar refractivity (Wildman–Crippen MR) is 71.3 cm³/mol. The van der Waals surface area contributed by atoms with E-state index in [-0.39, 0.29) is 35.1 Å². The average Bonchev–Trinajstić information content (AvgIpc) is 2.45. The summed E-state index contributed by atoms with van der Waals surface area (Å²) in [5.41, 5.74) is 0.180. The molecule has 103 valence electrons. The van der Waals surface area contributed by atoms with Crippen LogP contribution in [0.3, 0.4) is 0 Å². The first-order valence-electron chi connectivity index (χ1n) is 5.39. The van der Waals surface area contributed by atoms with E-state index >= 15 is 0 Å².